The fourth-order valence-electron chi connectivity index (χ4n) is 1.75. The molecule has 1 aliphatic heterocycles. The summed E-state index contributed by atoms with van der Waals surface area (Å²) in [7, 11) is 0. The van der Waals surface area contributed by atoms with Crippen molar-refractivity contribution in [3.05, 3.63) is 29.8 Å². The Hall–Kier alpha value is -1.59. The van der Waals surface area contributed by atoms with E-state index < -0.39 is 0 Å². The molecule has 0 spiro atoms. The summed E-state index contributed by atoms with van der Waals surface area (Å²) in [5.74, 6) is 5.46. The predicted octanol–water partition coefficient (Wildman–Crippen LogP) is 0.848. The standard InChI is InChI=1S/C12H16N2O3/c13-14-12(15)9-3-5-10(6-4-9)17-8-11-2-1-7-16-11/h3-6,11H,1-2,7-8,13H2,(H,14,15). The molecule has 3 N–H and O–H groups in total. The summed E-state index contributed by atoms with van der Waals surface area (Å²) in [6, 6.07) is 6.85. The van der Waals surface area contributed by atoms with Crippen LogP contribution in [0.4, 0.5) is 0 Å². The molecule has 1 aliphatic rings. The zero-order chi connectivity index (χ0) is 12.1. The van der Waals surface area contributed by atoms with Crippen molar-refractivity contribution in [2.45, 2.75) is 18.9 Å². The molecule has 1 amide bonds. The second kappa shape index (κ2) is 5.65. The summed E-state index contributed by atoms with van der Waals surface area (Å²) in [6.45, 7) is 1.38. The number of nitrogens with two attached hydrogens (primary N) is 1. The first-order chi connectivity index (χ1) is 8.29. The van der Waals surface area contributed by atoms with E-state index in [2.05, 4.69) is 5.43 Å². The van der Waals surface area contributed by atoms with E-state index in [1.54, 1.807) is 24.3 Å². The van der Waals surface area contributed by atoms with E-state index in [9.17, 15) is 4.79 Å². The van der Waals surface area contributed by atoms with E-state index in [-0.39, 0.29) is 12.0 Å². The van der Waals surface area contributed by atoms with Gasteiger partial charge in [-0.3, -0.25) is 10.2 Å². The van der Waals surface area contributed by atoms with Crippen LogP contribution in [0.3, 0.4) is 0 Å². The van der Waals surface area contributed by atoms with E-state index in [1.165, 1.54) is 0 Å². The Kier molecular flexibility index (Phi) is 3.95. The third-order valence-corrected chi connectivity index (χ3v) is 2.71. The van der Waals surface area contributed by atoms with Crippen LogP contribution in [0.15, 0.2) is 24.3 Å². The molecule has 1 aromatic rings. The van der Waals surface area contributed by atoms with E-state index >= 15 is 0 Å². The largest absolute Gasteiger partial charge is 0.491 e. The molecule has 17 heavy (non-hydrogen) atoms. The molecule has 5 nitrogen and oxygen atoms in total. The van der Waals surface area contributed by atoms with Gasteiger partial charge in [-0.1, -0.05) is 0 Å². The second-order valence-corrected chi connectivity index (χ2v) is 3.94. The first-order valence-corrected chi connectivity index (χ1v) is 5.65. The highest BCUT2D eigenvalue weighted by Gasteiger charge is 2.15. The molecule has 1 atom stereocenters. The van der Waals surface area contributed by atoms with Crippen LogP contribution in [-0.4, -0.2) is 25.2 Å². The predicted molar refractivity (Wildman–Crippen MR) is 62.6 cm³/mol. The number of ether oxygens (including phenoxy) is 2. The van der Waals surface area contributed by atoms with E-state index in [0.29, 0.717) is 12.2 Å². The topological polar surface area (TPSA) is 73.6 Å². The van der Waals surface area contributed by atoms with Gasteiger partial charge in [0.15, 0.2) is 0 Å². The lowest BCUT2D eigenvalue weighted by molar-refractivity contribution is 0.0679. The molecule has 0 aromatic heterocycles. The average Bonchev–Trinajstić information content (AvgIpc) is 2.89. The van der Waals surface area contributed by atoms with Crippen molar-refractivity contribution in [1.82, 2.24) is 5.43 Å². The lowest BCUT2D eigenvalue weighted by Gasteiger charge is -2.11. The summed E-state index contributed by atoms with van der Waals surface area (Å²) >= 11 is 0. The first kappa shape index (κ1) is 11.9. The Balaban J connectivity index is 1.87. The lowest BCUT2D eigenvalue weighted by atomic mass is 10.2. The summed E-state index contributed by atoms with van der Waals surface area (Å²) in [6.07, 6.45) is 2.35. The third kappa shape index (κ3) is 3.18. The minimum atomic E-state index is -0.310. The van der Waals surface area contributed by atoms with Crippen molar-refractivity contribution in [2.24, 2.45) is 5.84 Å². The maximum atomic E-state index is 11.2. The van der Waals surface area contributed by atoms with Crippen molar-refractivity contribution in [2.75, 3.05) is 13.2 Å². The maximum absolute atomic E-state index is 11.2. The normalized spacial score (nSPS) is 19.0. The highest BCUT2D eigenvalue weighted by atomic mass is 16.5. The number of hydrazine groups is 1. The van der Waals surface area contributed by atoms with Gasteiger partial charge in [0, 0.05) is 12.2 Å². The monoisotopic (exact) mass is 236 g/mol. The van der Waals surface area contributed by atoms with Gasteiger partial charge >= 0.3 is 0 Å². The zero-order valence-corrected chi connectivity index (χ0v) is 9.52. The molecule has 0 saturated carbocycles. The Labute approximate surface area is 99.9 Å². The molecule has 1 fully saturated rings. The van der Waals surface area contributed by atoms with Crippen molar-refractivity contribution in [3.8, 4) is 5.75 Å². The molecular weight excluding hydrogens is 220 g/mol. The number of benzene rings is 1. The molecule has 0 bridgehead atoms. The van der Waals surface area contributed by atoms with Gasteiger partial charge < -0.3 is 9.47 Å². The number of nitrogens with one attached hydrogen (secondary N) is 1. The number of hydrogen-bond acceptors (Lipinski definition) is 4. The van der Waals surface area contributed by atoms with Crippen molar-refractivity contribution >= 4 is 5.91 Å². The fraction of sp³-hybridized carbons (Fsp3) is 0.417. The van der Waals surface area contributed by atoms with Crippen molar-refractivity contribution in [1.29, 1.82) is 0 Å². The summed E-state index contributed by atoms with van der Waals surface area (Å²) < 4.78 is 11.0. The average molecular weight is 236 g/mol. The summed E-state index contributed by atoms with van der Waals surface area (Å²) in [4.78, 5) is 11.2. The molecule has 0 aliphatic carbocycles. The summed E-state index contributed by atoms with van der Waals surface area (Å²) in [5.41, 5.74) is 2.59. The van der Waals surface area contributed by atoms with Crippen molar-refractivity contribution in [3.63, 3.8) is 0 Å². The smallest absolute Gasteiger partial charge is 0.265 e. The van der Waals surface area contributed by atoms with Gasteiger partial charge in [-0.25, -0.2) is 5.84 Å². The van der Waals surface area contributed by atoms with E-state index in [1.807, 2.05) is 0 Å². The number of carbonyl (C=O) groups excluding carboxylic acids is 1. The van der Waals surface area contributed by atoms with E-state index in [0.717, 1.165) is 25.2 Å². The summed E-state index contributed by atoms with van der Waals surface area (Å²) in [5, 5.41) is 0. The molecule has 92 valence electrons. The maximum Gasteiger partial charge on any atom is 0.265 e. The highest BCUT2D eigenvalue weighted by Crippen LogP contribution is 2.16. The number of rotatable bonds is 4. The Morgan fingerprint density at radius 1 is 1.47 bits per heavy atom. The molecule has 5 heteroatoms. The van der Waals surface area contributed by atoms with Crippen LogP contribution in [-0.2, 0) is 4.74 Å². The number of hydrogen-bond donors (Lipinski definition) is 2. The van der Waals surface area contributed by atoms with Crippen LogP contribution in [0.2, 0.25) is 0 Å². The molecule has 2 rings (SSSR count). The van der Waals surface area contributed by atoms with Crippen LogP contribution in [0, 0.1) is 0 Å². The molecule has 1 unspecified atom stereocenters. The Morgan fingerprint density at radius 2 is 2.24 bits per heavy atom. The number of carbonyl (C=O) groups is 1. The van der Waals surface area contributed by atoms with Gasteiger partial charge in [0.05, 0.1) is 6.10 Å². The second-order valence-electron chi connectivity index (χ2n) is 3.94. The number of nitrogen functional groups attached to an aromatic ring is 1. The molecular formula is C12H16N2O3. The van der Waals surface area contributed by atoms with Gasteiger partial charge in [0.25, 0.3) is 5.91 Å². The quantitative estimate of drug-likeness (QED) is 0.462. The first-order valence-electron chi connectivity index (χ1n) is 5.65. The van der Waals surface area contributed by atoms with Crippen LogP contribution in [0.5, 0.6) is 5.75 Å². The van der Waals surface area contributed by atoms with Crippen LogP contribution in [0.25, 0.3) is 0 Å². The Bertz CT molecular complexity index is 372. The van der Waals surface area contributed by atoms with Gasteiger partial charge in [0.2, 0.25) is 0 Å². The van der Waals surface area contributed by atoms with Gasteiger partial charge in [0.1, 0.15) is 12.4 Å². The molecule has 0 radical (unpaired) electrons. The van der Waals surface area contributed by atoms with Crippen LogP contribution < -0.4 is 16.0 Å². The fourth-order valence-corrected chi connectivity index (χ4v) is 1.75. The number of amides is 1. The van der Waals surface area contributed by atoms with Gasteiger partial charge in [-0.2, -0.15) is 0 Å². The molecule has 1 heterocycles. The van der Waals surface area contributed by atoms with E-state index in [4.69, 9.17) is 15.3 Å². The molecule has 1 saturated heterocycles. The highest BCUT2D eigenvalue weighted by molar-refractivity contribution is 5.93. The molecule has 1 aromatic carbocycles. The zero-order valence-electron chi connectivity index (χ0n) is 9.52. The van der Waals surface area contributed by atoms with Crippen LogP contribution >= 0.6 is 0 Å². The van der Waals surface area contributed by atoms with Crippen molar-refractivity contribution < 1.29 is 14.3 Å². The third-order valence-electron chi connectivity index (χ3n) is 2.71. The lowest BCUT2D eigenvalue weighted by Crippen LogP contribution is -2.29. The van der Waals surface area contributed by atoms with Gasteiger partial charge in [-0.15, -0.1) is 0 Å². The van der Waals surface area contributed by atoms with Gasteiger partial charge in [-0.05, 0) is 37.1 Å². The minimum Gasteiger partial charge on any atom is -0.491 e. The Morgan fingerprint density at radius 3 is 2.82 bits per heavy atom. The van der Waals surface area contributed by atoms with Crippen LogP contribution in [0.1, 0.15) is 23.2 Å². The SMILES string of the molecule is NNC(=O)c1ccc(OCC2CCCO2)cc1. The minimum absolute atomic E-state index is 0.196.